The van der Waals surface area contributed by atoms with Gasteiger partial charge in [-0.05, 0) is 18.9 Å². The van der Waals surface area contributed by atoms with Gasteiger partial charge in [0.1, 0.15) is 5.75 Å². The van der Waals surface area contributed by atoms with Gasteiger partial charge in [0.05, 0.1) is 6.10 Å². The van der Waals surface area contributed by atoms with Gasteiger partial charge >= 0.3 is 6.29 Å². The molecule has 88 valence electrons. The van der Waals surface area contributed by atoms with Crippen molar-refractivity contribution in [2.24, 2.45) is 0 Å². The van der Waals surface area contributed by atoms with Crippen molar-refractivity contribution in [1.82, 2.24) is 0 Å². The highest BCUT2D eigenvalue weighted by Crippen LogP contribution is 2.41. The molecule has 0 radical (unpaired) electrons. The summed E-state index contributed by atoms with van der Waals surface area (Å²) in [5, 5.41) is 8.70. The first-order chi connectivity index (χ1) is 7.62. The van der Waals surface area contributed by atoms with Gasteiger partial charge in [-0.3, -0.25) is 4.74 Å². The van der Waals surface area contributed by atoms with Crippen LogP contribution in [0.15, 0.2) is 24.3 Å². The lowest BCUT2D eigenvalue weighted by Crippen LogP contribution is -2.35. The van der Waals surface area contributed by atoms with E-state index in [0.29, 0.717) is 18.4 Å². The first-order valence-electron chi connectivity index (χ1n) is 5.07. The molecule has 16 heavy (non-hydrogen) atoms. The molecule has 1 heterocycles. The van der Waals surface area contributed by atoms with Gasteiger partial charge < -0.3 is 9.84 Å². The largest absolute Gasteiger partial charge is 0.535 e. The van der Waals surface area contributed by atoms with Gasteiger partial charge in [0.25, 0.3) is 0 Å². The van der Waals surface area contributed by atoms with Gasteiger partial charge in [-0.1, -0.05) is 18.2 Å². The zero-order valence-electron chi connectivity index (χ0n) is 8.53. The van der Waals surface area contributed by atoms with Crippen molar-refractivity contribution in [1.29, 1.82) is 0 Å². The Labute approximate surface area is 91.6 Å². The first kappa shape index (κ1) is 11.3. The van der Waals surface area contributed by atoms with Crippen molar-refractivity contribution in [2.75, 3.05) is 6.61 Å². The fourth-order valence-corrected chi connectivity index (χ4v) is 1.71. The number of hydrogen-bond donors (Lipinski definition) is 1. The lowest BCUT2D eigenvalue weighted by Gasteiger charge is -2.31. The van der Waals surface area contributed by atoms with Gasteiger partial charge in [0.15, 0.2) is 0 Å². The fourth-order valence-electron chi connectivity index (χ4n) is 1.71. The van der Waals surface area contributed by atoms with Gasteiger partial charge in [-0.15, -0.1) is 8.78 Å². The number of benzene rings is 1. The van der Waals surface area contributed by atoms with Crippen LogP contribution < -0.4 is 4.74 Å². The predicted octanol–water partition coefficient (Wildman–Crippen LogP) is 2.46. The molecule has 0 saturated carbocycles. The molecule has 5 heteroatoms. The second-order valence-corrected chi connectivity index (χ2v) is 3.58. The van der Waals surface area contributed by atoms with Crippen molar-refractivity contribution in [3.8, 4) is 5.75 Å². The lowest BCUT2D eigenvalue weighted by molar-refractivity contribution is -0.382. The number of rotatable bonds is 3. The van der Waals surface area contributed by atoms with Gasteiger partial charge in [-0.25, -0.2) is 0 Å². The summed E-state index contributed by atoms with van der Waals surface area (Å²) >= 11 is 0. The predicted molar refractivity (Wildman–Crippen MR) is 52.2 cm³/mol. The highest BCUT2D eigenvalue weighted by Gasteiger charge is 2.43. The van der Waals surface area contributed by atoms with Crippen LogP contribution in [0.5, 0.6) is 5.75 Å². The Morgan fingerprint density at radius 1 is 1.31 bits per heavy atom. The summed E-state index contributed by atoms with van der Waals surface area (Å²) < 4.78 is 35.1. The fraction of sp³-hybridized carbons (Fsp3) is 0.455. The van der Waals surface area contributed by atoms with Crippen molar-refractivity contribution in [3.05, 3.63) is 29.8 Å². The molecule has 0 aliphatic carbocycles. The maximum atomic E-state index is 13.1. The second-order valence-electron chi connectivity index (χ2n) is 3.58. The summed E-state index contributed by atoms with van der Waals surface area (Å²) in [4.78, 5) is 0. The Hall–Kier alpha value is -1.20. The third-order valence-electron chi connectivity index (χ3n) is 2.40. The van der Waals surface area contributed by atoms with E-state index in [1.165, 1.54) is 6.07 Å². The van der Waals surface area contributed by atoms with Crippen molar-refractivity contribution < 1.29 is 23.4 Å². The molecule has 0 aromatic heterocycles. The zero-order valence-corrected chi connectivity index (χ0v) is 8.53. The minimum absolute atomic E-state index is 0.0472. The average molecular weight is 230 g/mol. The van der Waals surface area contributed by atoms with E-state index in [9.17, 15) is 8.78 Å². The number of hydrogen-bond acceptors (Lipinski definition) is 3. The number of aliphatic hydroxyl groups is 1. The van der Waals surface area contributed by atoms with E-state index in [1.807, 2.05) is 0 Å². The minimum atomic E-state index is -3.59. The Kier molecular flexibility index (Phi) is 3.07. The molecular formula is C11H12F2O3. The summed E-state index contributed by atoms with van der Waals surface area (Å²) in [5.41, 5.74) is 0.599. The summed E-state index contributed by atoms with van der Waals surface area (Å²) in [6.45, 7) is -0.0472. The van der Waals surface area contributed by atoms with E-state index in [0.717, 1.165) is 0 Å². The molecule has 0 saturated heterocycles. The Morgan fingerprint density at radius 2 is 2.06 bits per heavy atom. The number of ether oxygens (including phenoxy) is 2. The SMILES string of the molecule is OCCCC1OC(F)(F)Oc2ccccc21. The summed E-state index contributed by atoms with van der Waals surface area (Å²) in [5.74, 6) is 0.140. The number of fused-ring (bicyclic) bond motifs is 1. The van der Waals surface area contributed by atoms with E-state index in [2.05, 4.69) is 9.47 Å². The van der Waals surface area contributed by atoms with Crippen molar-refractivity contribution in [2.45, 2.75) is 25.2 Å². The van der Waals surface area contributed by atoms with E-state index in [-0.39, 0.29) is 12.4 Å². The molecule has 1 aromatic carbocycles. The quantitative estimate of drug-likeness (QED) is 0.866. The number of halogens is 2. The maximum Gasteiger partial charge on any atom is 0.535 e. The van der Waals surface area contributed by atoms with E-state index in [1.54, 1.807) is 18.2 Å². The summed E-state index contributed by atoms with van der Waals surface area (Å²) in [6, 6.07) is 6.54. The minimum Gasteiger partial charge on any atom is -0.409 e. The Balaban J connectivity index is 2.25. The third kappa shape index (κ3) is 2.31. The molecule has 0 bridgehead atoms. The molecule has 0 spiro atoms. The molecule has 1 unspecified atom stereocenters. The molecule has 1 N–H and O–H groups in total. The zero-order chi connectivity index (χ0) is 11.6. The normalized spacial score (nSPS) is 22.3. The van der Waals surface area contributed by atoms with E-state index < -0.39 is 12.4 Å². The van der Waals surface area contributed by atoms with E-state index in [4.69, 9.17) is 5.11 Å². The van der Waals surface area contributed by atoms with Crippen LogP contribution >= 0.6 is 0 Å². The number of aliphatic hydroxyl groups excluding tert-OH is 1. The number of alkyl halides is 2. The topological polar surface area (TPSA) is 38.7 Å². The molecule has 2 rings (SSSR count). The van der Waals surface area contributed by atoms with Gasteiger partial charge in [0.2, 0.25) is 0 Å². The Morgan fingerprint density at radius 3 is 2.81 bits per heavy atom. The molecule has 1 aromatic rings. The van der Waals surface area contributed by atoms with Crippen LogP contribution in [0, 0.1) is 0 Å². The van der Waals surface area contributed by atoms with E-state index >= 15 is 0 Å². The molecular weight excluding hydrogens is 218 g/mol. The van der Waals surface area contributed by atoms with Crippen LogP contribution in [0.25, 0.3) is 0 Å². The van der Waals surface area contributed by atoms with Crippen LogP contribution in [-0.2, 0) is 4.74 Å². The molecule has 3 nitrogen and oxygen atoms in total. The van der Waals surface area contributed by atoms with Gasteiger partial charge in [0, 0.05) is 12.2 Å². The second kappa shape index (κ2) is 4.35. The lowest BCUT2D eigenvalue weighted by atomic mass is 10.0. The van der Waals surface area contributed by atoms with Crippen LogP contribution in [0.4, 0.5) is 8.78 Å². The van der Waals surface area contributed by atoms with Gasteiger partial charge in [-0.2, -0.15) is 0 Å². The smallest absolute Gasteiger partial charge is 0.409 e. The molecule has 1 aliphatic heterocycles. The Bertz CT molecular complexity index is 368. The summed E-state index contributed by atoms with van der Waals surface area (Å²) in [6.07, 6.45) is -3.57. The first-order valence-corrected chi connectivity index (χ1v) is 5.07. The maximum absolute atomic E-state index is 13.1. The van der Waals surface area contributed by atoms with Crippen molar-refractivity contribution >= 4 is 0 Å². The van der Waals surface area contributed by atoms with Crippen LogP contribution in [0.2, 0.25) is 0 Å². The summed E-state index contributed by atoms with van der Waals surface area (Å²) in [7, 11) is 0. The average Bonchev–Trinajstić information content (AvgIpc) is 2.24. The molecule has 0 fully saturated rings. The van der Waals surface area contributed by atoms with Crippen LogP contribution in [0.1, 0.15) is 24.5 Å². The van der Waals surface area contributed by atoms with Crippen LogP contribution in [-0.4, -0.2) is 18.0 Å². The van der Waals surface area contributed by atoms with Crippen molar-refractivity contribution in [3.63, 3.8) is 0 Å². The standard InChI is InChI=1S/C11H12F2O3/c12-11(13)15-9-5-2-1-4-8(9)10(16-11)6-3-7-14/h1-2,4-5,10,14H,3,6-7H2. The highest BCUT2D eigenvalue weighted by molar-refractivity contribution is 5.36. The molecule has 0 amide bonds. The monoisotopic (exact) mass is 230 g/mol. The highest BCUT2D eigenvalue weighted by atomic mass is 19.3. The number of para-hydroxylation sites is 1. The molecule has 1 atom stereocenters. The van der Waals surface area contributed by atoms with Crippen LogP contribution in [0.3, 0.4) is 0 Å². The third-order valence-corrected chi connectivity index (χ3v) is 2.40. The molecule has 1 aliphatic rings.